The second-order valence-corrected chi connectivity index (χ2v) is 9.04. The van der Waals surface area contributed by atoms with Gasteiger partial charge >= 0.3 is 5.97 Å². The number of carbonyl (C=O) groups is 2. The third-order valence-corrected chi connectivity index (χ3v) is 6.74. The van der Waals surface area contributed by atoms with E-state index < -0.39 is 28.4 Å². The molecule has 0 aliphatic heterocycles. The summed E-state index contributed by atoms with van der Waals surface area (Å²) in [5, 5.41) is 2.62. The summed E-state index contributed by atoms with van der Waals surface area (Å²) in [6, 6.07) is 18.8. The third kappa shape index (κ3) is 5.90. The number of sulfonamides is 1. The van der Waals surface area contributed by atoms with Crippen LogP contribution in [0.15, 0.2) is 77.7 Å². The van der Waals surface area contributed by atoms with Crippen molar-refractivity contribution in [2.75, 3.05) is 37.0 Å². The number of para-hydroxylation sites is 2. The maximum Gasteiger partial charge on any atom is 0.340 e. The molecule has 1 N–H and O–H groups in total. The highest BCUT2D eigenvalue weighted by Gasteiger charge is 2.28. The Balaban J connectivity index is 1.95. The summed E-state index contributed by atoms with van der Waals surface area (Å²) >= 11 is 0. The summed E-state index contributed by atoms with van der Waals surface area (Å²) in [5.41, 5.74) is 0.667. The molecule has 0 aliphatic carbocycles. The molecule has 0 fully saturated rings. The van der Waals surface area contributed by atoms with Crippen LogP contribution in [0.1, 0.15) is 17.3 Å². The van der Waals surface area contributed by atoms with Gasteiger partial charge in [0.1, 0.15) is 6.54 Å². The molecule has 184 valence electrons. The van der Waals surface area contributed by atoms with E-state index in [2.05, 4.69) is 5.32 Å². The van der Waals surface area contributed by atoms with Crippen LogP contribution >= 0.6 is 0 Å². The third-order valence-electron chi connectivity index (χ3n) is 4.97. The second-order valence-electron chi connectivity index (χ2n) is 7.18. The highest BCUT2D eigenvalue weighted by molar-refractivity contribution is 7.92. The van der Waals surface area contributed by atoms with E-state index in [4.69, 9.17) is 14.2 Å². The van der Waals surface area contributed by atoms with Gasteiger partial charge in [-0.3, -0.25) is 9.10 Å². The first-order valence-electron chi connectivity index (χ1n) is 10.7. The Morgan fingerprint density at radius 1 is 0.886 bits per heavy atom. The smallest absolute Gasteiger partial charge is 0.340 e. The van der Waals surface area contributed by atoms with Gasteiger partial charge in [-0.1, -0.05) is 30.3 Å². The molecule has 9 nitrogen and oxygen atoms in total. The first-order valence-corrected chi connectivity index (χ1v) is 12.1. The van der Waals surface area contributed by atoms with E-state index in [0.29, 0.717) is 5.75 Å². The van der Waals surface area contributed by atoms with Gasteiger partial charge in [0.2, 0.25) is 5.91 Å². The van der Waals surface area contributed by atoms with E-state index in [0.717, 1.165) is 4.31 Å². The highest BCUT2D eigenvalue weighted by atomic mass is 32.2. The molecule has 10 heteroatoms. The Bertz CT molecular complexity index is 1290. The van der Waals surface area contributed by atoms with Crippen molar-refractivity contribution < 1.29 is 32.2 Å². The van der Waals surface area contributed by atoms with E-state index in [9.17, 15) is 18.0 Å². The lowest BCUT2D eigenvalue weighted by Gasteiger charge is -2.24. The summed E-state index contributed by atoms with van der Waals surface area (Å²) < 4.78 is 43.7. The fourth-order valence-electron chi connectivity index (χ4n) is 3.31. The van der Waals surface area contributed by atoms with E-state index >= 15 is 0 Å². The van der Waals surface area contributed by atoms with Crippen molar-refractivity contribution >= 4 is 33.3 Å². The van der Waals surface area contributed by atoms with E-state index in [-0.39, 0.29) is 34.2 Å². The van der Waals surface area contributed by atoms with Crippen LogP contribution in [0.25, 0.3) is 0 Å². The molecule has 0 radical (unpaired) electrons. The van der Waals surface area contributed by atoms with E-state index in [1.807, 2.05) is 0 Å². The Kier molecular flexibility index (Phi) is 8.32. The molecule has 0 saturated carbocycles. The second kappa shape index (κ2) is 11.4. The molecule has 0 bridgehead atoms. The minimum Gasteiger partial charge on any atom is -0.493 e. The zero-order valence-corrected chi connectivity index (χ0v) is 20.4. The number of methoxy groups -OCH3 is 2. The number of anilines is 2. The highest BCUT2D eigenvalue weighted by Crippen LogP contribution is 2.32. The molecule has 3 aromatic carbocycles. The topological polar surface area (TPSA) is 111 Å². The quantitative estimate of drug-likeness (QED) is 0.424. The lowest BCUT2D eigenvalue weighted by atomic mass is 10.2. The number of nitrogens with zero attached hydrogens (tertiary/aromatic N) is 1. The molecule has 3 aromatic rings. The summed E-state index contributed by atoms with van der Waals surface area (Å²) in [7, 11) is -1.34. The average molecular weight is 499 g/mol. The summed E-state index contributed by atoms with van der Waals surface area (Å²) in [5.74, 6) is -0.642. The van der Waals surface area contributed by atoms with E-state index in [1.54, 1.807) is 55.5 Å². The van der Waals surface area contributed by atoms with Crippen molar-refractivity contribution in [3.8, 4) is 11.5 Å². The number of hydrogen-bond acceptors (Lipinski definition) is 7. The van der Waals surface area contributed by atoms with Crippen molar-refractivity contribution in [2.24, 2.45) is 0 Å². The largest absolute Gasteiger partial charge is 0.493 e. The van der Waals surface area contributed by atoms with Crippen molar-refractivity contribution in [3.05, 3.63) is 78.4 Å². The fourth-order valence-corrected chi connectivity index (χ4v) is 4.75. The number of benzene rings is 3. The van der Waals surface area contributed by atoms with Gasteiger partial charge in [-0.15, -0.1) is 0 Å². The van der Waals surface area contributed by atoms with Gasteiger partial charge in [0.05, 0.1) is 42.7 Å². The van der Waals surface area contributed by atoms with Crippen LogP contribution in [-0.4, -0.2) is 47.7 Å². The Morgan fingerprint density at radius 3 is 2.20 bits per heavy atom. The minimum absolute atomic E-state index is 0.0845. The molecule has 1 amide bonds. The molecular weight excluding hydrogens is 472 g/mol. The standard InChI is InChI=1S/C25H26N2O7S/c1-4-34-25(29)20-12-8-9-13-21(20)26-24(28)17-27(18-10-6-5-7-11-18)35(30,31)19-14-15-22(32-2)23(16-19)33-3/h5-16H,4,17H2,1-3H3,(H,26,28). The van der Waals surface area contributed by atoms with Crippen LogP contribution in [0.5, 0.6) is 11.5 Å². The molecule has 35 heavy (non-hydrogen) atoms. The molecule has 0 heterocycles. The van der Waals surface area contributed by atoms with Crippen molar-refractivity contribution in [3.63, 3.8) is 0 Å². The predicted octanol–water partition coefficient (Wildman–Crippen LogP) is 3.71. The number of ether oxygens (including phenoxy) is 3. The number of rotatable bonds is 10. The van der Waals surface area contributed by atoms with Crippen LogP contribution in [0, 0.1) is 0 Å². The molecule has 0 spiro atoms. The molecular formula is C25H26N2O7S. The van der Waals surface area contributed by atoms with Crippen LogP contribution in [0.4, 0.5) is 11.4 Å². The van der Waals surface area contributed by atoms with Gasteiger partial charge in [-0.25, -0.2) is 13.2 Å². The van der Waals surface area contributed by atoms with Crippen LogP contribution in [-0.2, 0) is 19.6 Å². The summed E-state index contributed by atoms with van der Waals surface area (Å²) in [6.45, 7) is 1.31. The Morgan fingerprint density at radius 2 is 1.54 bits per heavy atom. The van der Waals surface area contributed by atoms with E-state index in [1.165, 1.54) is 38.5 Å². The molecule has 0 aromatic heterocycles. The van der Waals surface area contributed by atoms with Crippen LogP contribution < -0.4 is 19.1 Å². The number of nitrogens with one attached hydrogen (secondary N) is 1. The molecule has 0 saturated heterocycles. The van der Waals surface area contributed by atoms with Gasteiger partial charge in [-0.05, 0) is 43.3 Å². The first-order chi connectivity index (χ1) is 16.8. The maximum atomic E-state index is 13.6. The van der Waals surface area contributed by atoms with Gasteiger partial charge in [0, 0.05) is 6.07 Å². The first kappa shape index (κ1) is 25.6. The van der Waals surface area contributed by atoms with Crippen molar-refractivity contribution in [2.45, 2.75) is 11.8 Å². The zero-order chi connectivity index (χ0) is 25.4. The zero-order valence-electron chi connectivity index (χ0n) is 19.6. The molecule has 0 atom stereocenters. The average Bonchev–Trinajstić information content (AvgIpc) is 2.87. The number of amides is 1. The van der Waals surface area contributed by atoms with Gasteiger partial charge in [-0.2, -0.15) is 0 Å². The SMILES string of the molecule is CCOC(=O)c1ccccc1NC(=O)CN(c1ccccc1)S(=O)(=O)c1ccc(OC)c(OC)c1. The van der Waals surface area contributed by atoms with Crippen LogP contribution in [0.2, 0.25) is 0 Å². The lowest BCUT2D eigenvalue weighted by molar-refractivity contribution is -0.114. The molecule has 3 rings (SSSR count). The predicted molar refractivity (Wildman–Crippen MR) is 132 cm³/mol. The number of hydrogen-bond donors (Lipinski definition) is 1. The minimum atomic E-state index is -4.19. The monoisotopic (exact) mass is 498 g/mol. The van der Waals surface area contributed by atoms with Gasteiger partial charge in [0.25, 0.3) is 10.0 Å². The lowest BCUT2D eigenvalue weighted by Crippen LogP contribution is -2.38. The summed E-state index contributed by atoms with van der Waals surface area (Å²) in [6.07, 6.45) is 0. The molecule has 0 aliphatic rings. The number of esters is 1. The fraction of sp³-hybridized carbons (Fsp3) is 0.200. The molecule has 0 unspecified atom stereocenters. The number of carbonyl (C=O) groups excluding carboxylic acids is 2. The Labute approximate surface area is 204 Å². The maximum absolute atomic E-state index is 13.6. The van der Waals surface area contributed by atoms with Crippen molar-refractivity contribution in [1.29, 1.82) is 0 Å². The van der Waals surface area contributed by atoms with Gasteiger partial charge < -0.3 is 19.5 Å². The summed E-state index contributed by atoms with van der Waals surface area (Å²) in [4.78, 5) is 25.2. The Hall–Kier alpha value is -4.05. The normalized spacial score (nSPS) is 10.8. The van der Waals surface area contributed by atoms with Gasteiger partial charge in [0.15, 0.2) is 11.5 Å². The van der Waals surface area contributed by atoms with Crippen molar-refractivity contribution in [1.82, 2.24) is 0 Å². The van der Waals surface area contributed by atoms with Crippen LogP contribution in [0.3, 0.4) is 0 Å².